The number of halogens is 2. The molecule has 0 N–H and O–H groups in total. The average molecular weight is 375 g/mol. The number of aromatic nitrogens is 3. The van der Waals surface area contributed by atoms with Crippen molar-refractivity contribution in [1.82, 2.24) is 14.8 Å². The average Bonchev–Trinajstić information content (AvgIpc) is 2.93. The van der Waals surface area contributed by atoms with Gasteiger partial charge in [0, 0.05) is 28.0 Å². The fourth-order valence-electron chi connectivity index (χ4n) is 1.98. The summed E-state index contributed by atoms with van der Waals surface area (Å²) in [7, 11) is 1.59. The number of rotatable bonds is 6. The van der Waals surface area contributed by atoms with Gasteiger partial charge in [0.1, 0.15) is 12.9 Å². The second kappa shape index (κ2) is 7.13. The van der Waals surface area contributed by atoms with Crippen LogP contribution in [0.2, 0.25) is 5.02 Å². The standard InChI is InChI=1S/C14H17BrClN3O2/c1-9(2)19-13(17-8-18-19)7-21-14-10(6-15)4-11(16)5-12(14)20-3/h4-5,8-9H,6-7H2,1-3H3. The van der Waals surface area contributed by atoms with Gasteiger partial charge in [0.2, 0.25) is 0 Å². The molecule has 114 valence electrons. The number of hydrogen-bond acceptors (Lipinski definition) is 4. The van der Waals surface area contributed by atoms with Crippen LogP contribution in [-0.2, 0) is 11.9 Å². The van der Waals surface area contributed by atoms with E-state index in [-0.39, 0.29) is 6.04 Å². The van der Waals surface area contributed by atoms with Crippen molar-refractivity contribution in [2.75, 3.05) is 7.11 Å². The van der Waals surface area contributed by atoms with Crippen LogP contribution < -0.4 is 9.47 Å². The lowest BCUT2D eigenvalue weighted by Crippen LogP contribution is -2.11. The van der Waals surface area contributed by atoms with Crippen LogP contribution in [0.25, 0.3) is 0 Å². The highest BCUT2D eigenvalue weighted by Gasteiger charge is 2.14. The summed E-state index contributed by atoms with van der Waals surface area (Å²) in [4.78, 5) is 4.23. The monoisotopic (exact) mass is 373 g/mol. The van der Waals surface area contributed by atoms with Gasteiger partial charge in [-0.2, -0.15) is 5.10 Å². The highest BCUT2D eigenvalue weighted by atomic mass is 79.9. The van der Waals surface area contributed by atoms with Gasteiger partial charge in [0.05, 0.1) is 7.11 Å². The topological polar surface area (TPSA) is 49.2 Å². The van der Waals surface area contributed by atoms with Crippen molar-refractivity contribution in [3.63, 3.8) is 0 Å². The molecule has 7 heteroatoms. The normalized spacial score (nSPS) is 11.0. The van der Waals surface area contributed by atoms with Gasteiger partial charge >= 0.3 is 0 Å². The summed E-state index contributed by atoms with van der Waals surface area (Å²) in [5.74, 6) is 2.03. The molecule has 2 rings (SSSR count). The van der Waals surface area contributed by atoms with Gasteiger partial charge in [0.25, 0.3) is 0 Å². The molecule has 0 aliphatic heterocycles. The first kappa shape index (κ1) is 16.1. The summed E-state index contributed by atoms with van der Waals surface area (Å²) >= 11 is 9.50. The maximum Gasteiger partial charge on any atom is 0.165 e. The van der Waals surface area contributed by atoms with Crippen molar-refractivity contribution >= 4 is 27.5 Å². The molecule has 0 bridgehead atoms. The summed E-state index contributed by atoms with van der Waals surface area (Å²) in [6.45, 7) is 4.41. The molecule has 1 aromatic carbocycles. The van der Waals surface area contributed by atoms with Crippen molar-refractivity contribution in [3.8, 4) is 11.5 Å². The molecule has 0 atom stereocenters. The van der Waals surface area contributed by atoms with E-state index in [9.17, 15) is 0 Å². The molecule has 21 heavy (non-hydrogen) atoms. The lowest BCUT2D eigenvalue weighted by atomic mass is 10.2. The molecular weight excluding hydrogens is 358 g/mol. The summed E-state index contributed by atoms with van der Waals surface area (Å²) in [6.07, 6.45) is 1.53. The first-order chi connectivity index (χ1) is 10.1. The van der Waals surface area contributed by atoms with E-state index in [1.807, 2.05) is 24.6 Å². The van der Waals surface area contributed by atoms with Crippen LogP contribution in [0.4, 0.5) is 0 Å². The van der Waals surface area contributed by atoms with Crippen LogP contribution >= 0.6 is 27.5 Å². The Morgan fingerprint density at radius 2 is 2.14 bits per heavy atom. The Hall–Kier alpha value is -1.27. The molecule has 0 spiro atoms. The third-order valence-electron chi connectivity index (χ3n) is 2.94. The van der Waals surface area contributed by atoms with E-state index < -0.39 is 0 Å². The third kappa shape index (κ3) is 3.68. The van der Waals surface area contributed by atoms with Crippen molar-refractivity contribution in [2.24, 2.45) is 0 Å². The van der Waals surface area contributed by atoms with Crippen LogP contribution in [0.15, 0.2) is 18.5 Å². The lowest BCUT2D eigenvalue weighted by Gasteiger charge is -2.15. The first-order valence-corrected chi connectivity index (χ1v) is 8.00. The van der Waals surface area contributed by atoms with E-state index in [0.29, 0.717) is 28.5 Å². The highest BCUT2D eigenvalue weighted by Crippen LogP contribution is 2.36. The summed E-state index contributed by atoms with van der Waals surface area (Å²) < 4.78 is 13.1. The molecule has 0 saturated carbocycles. The molecule has 1 heterocycles. The van der Waals surface area contributed by atoms with Crippen LogP contribution in [0.3, 0.4) is 0 Å². The van der Waals surface area contributed by atoms with Gasteiger partial charge in [-0.05, 0) is 19.9 Å². The molecule has 0 aliphatic rings. The predicted octanol–water partition coefficient (Wildman–Crippen LogP) is 3.99. The number of benzene rings is 1. The van der Waals surface area contributed by atoms with Crippen LogP contribution in [0.1, 0.15) is 31.3 Å². The van der Waals surface area contributed by atoms with Gasteiger partial charge < -0.3 is 9.47 Å². The van der Waals surface area contributed by atoms with E-state index in [1.165, 1.54) is 6.33 Å². The van der Waals surface area contributed by atoms with E-state index in [4.69, 9.17) is 21.1 Å². The zero-order chi connectivity index (χ0) is 15.4. The van der Waals surface area contributed by atoms with E-state index in [2.05, 4.69) is 26.0 Å². The van der Waals surface area contributed by atoms with Gasteiger partial charge in [0.15, 0.2) is 17.3 Å². The maximum absolute atomic E-state index is 6.06. The Labute approximate surface area is 137 Å². The van der Waals surface area contributed by atoms with Gasteiger partial charge in [-0.15, -0.1) is 0 Å². The van der Waals surface area contributed by atoms with Gasteiger partial charge in [-0.1, -0.05) is 27.5 Å². The van der Waals surface area contributed by atoms with Crippen molar-refractivity contribution in [2.45, 2.75) is 31.8 Å². The zero-order valence-corrected chi connectivity index (χ0v) is 14.5. The Balaban J connectivity index is 2.25. The van der Waals surface area contributed by atoms with Crippen molar-refractivity contribution in [1.29, 1.82) is 0 Å². The fraction of sp³-hybridized carbons (Fsp3) is 0.429. The summed E-state index contributed by atoms with van der Waals surface area (Å²) in [5.41, 5.74) is 0.926. The second-order valence-electron chi connectivity index (χ2n) is 4.73. The Morgan fingerprint density at radius 3 is 2.76 bits per heavy atom. The molecule has 1 aromatic heterocycles. The molecule has 0 radical (unpaired) electrons. The quantitative estimate of drug-likeness (QED) is 0.717. The molecule has 0 aliphatic carbocycles. The minimum Gasteiger partial charge on any atom is -0.493 e. The van der Waals surface area contributed by atoms with E-state index in [0.717, 1.165) is 11.4 Å². The lowest BCUT2D eigenvalue weighted by molar-refractivity contribution is 0.264. The maximum atomic E-state index is 6.06. The van der Waals surface area contributed by atoms with Crippen molar-refractivity contribution < 1.29 is 9.47 Å². The van der Waals surface area contributed by atoms with Crippen LogP contribution in [-0.4, -0.2) is 21.9 Å². The SMILES string of the molecule is COc1cc(Cl)cc(CBr)c1OCc1ncnn1C(C)C. The zero-order valence-electron chi connectivity index (χ0n) is 12.1. The Kier molecular flexibility index (Phi) is 5.47. The predicted molar refractivity (Wildman–Crippen MR) is 85.4 cm³/mol. The van der Waals surface area contributed by atoms with E-state index >= 15 is 0 Å². The second-order valence-corrected chi connectivity index (χ2v) is 5.73. The fourth-order valence-corrected chi connectivity index (χ4v) is 2.63. The minimum absolute atomic E-state index is 0.230. The van der Waals surface area contributed by atoms with Crippen LogP contribution in [0.5, 0.6) is 11.5 Å². The number of hydrogen-bond donors (Lipinski definition) is 0. The summed E-state index contributed by atoms with van der Waals surface area (Å²) in [6, 6.07) is 3.81. The molecule has 0 unspecified atom stereocenters. The smallest absolute Gasteiger partial charge is 0.165 e. The number of methoxy groups -OCH3 is 1. The summed E-state index contributed by atoms with van der Waals surface area (Å²) in [5, 5.41) is 5.42. The van der Waals surface area contributed by atoms with Crippen molar-refractivity contribution in [3.05, 3.63) is 34.9 Å². The number of nitrogens with zero attached hydrogens (tertiary/aromatic N) is 3. The molecular formula is C14H17BrClN3O2. The minimum atomic E-state index is 0.230. The van der Waals surface area contributed by atoms with Gasteiger partial charge in [-0.3, -0.25) is 0 Å². The van der Waals surface area contributed by atoms with Crippen LogP contribution in [0, 0.1) is 0 Å². The third-order valence-corrected chi connectivity index (χ3v) is 3.76. The highest BCUT2D eigenvalue weighted by molar-refractivity contribution is 9.08. The Morgan fingerprint density at radius 1 is 1.38 bits per heavy atom. The Bertz CT molecular complexity index is 591. The first-order valence-electron chi connectivity index (χ1n) is 6.50. The molecule has 2 aromatic rings. The molecule has 0 fully saturated rings. The molecule has 0 saturated heterocycles. The molecule has 5 nitrogen and oxygen atoms in total. The van der Waals surface area contributed by atoms with E-state index in [1.54, 1.807) is 13.2 Å². The molecule has 0 amide bonds. The van der Waals surface area contributed by atoms with Gasteiger partial charge in [-0.25, -0.2) is 9.67 Å². The number of ether oxygens (including phenoxy) is 2. The number of alkyl halides is 1. The largest absolute Gasteiger partial charge is 0.493 e.